The third kappa shape index (κ3) is 3.25. The second kappa shape index (κ2) is 6.42. The first-order valence-electron chi connectivity index (χ1n) is 8.26. The molecule has 3 aliphatic rings. The Labute approximate surface area is 140 Å². The molecule has 124 valence electrons. The van der Waals surface area contributed by atoms with Gasteiger partial charge in [-0.05, 0) is 25.0 Å². The van der Waals surface area contributed by atoms with E-state index in [4.69, 9.17) is 9.47 Å². The number of rotatable bonds is 4. The number of ether oxygens (including phenoxy) is 2. The Hall–Kier alpha value is -1.11. The predicted octanol–water partition coefficient (Wildman–Crippen LogP) is 1.72. The fourth-order valence-corrected chi connectivity index (χ4v) is 5.16. The minimum Gasteiger partial charge on any atom is -0.381 e. The van der Waals surface area contributed by atoms with Crippen LogP contribution in [0.5, 0.6) is 0 Å². The zero-order valence-electron chi connectivity index (χ0n) is 13.1. The van der Waals surface area contributed by atoms with E-state index in [1.165, 1.54) is 0 Å². The van der Waals surface area contributed by atoms with Crippen LogP contribution in [0.3, 0.4) is 0 Å². The van der Waals surface area contributed by atoms with Gasteiger partial charge in [0.05, 0.1) is 35.7 Å². The van der Waals surface area contributed by atoms with Gasteiger partial charge in [0.25, 0.3) is 0 Å². The standard InChI is InChI=1S/C17H22N2O3S/c20-16(13-4-6-21-8-13)19-11-17(12-19)7-15(10-23-17)22-9-14-3-1-2-5-18-14/h1-3,5,13,15H,4,6-12H2. The van der Waals surface area contributed by atoms with Crippen LogP contribution < -0.4 is 0 Å². The van der Waals surface area contributed by atoms with Gasteiger partial charge in [0.2, 0.25) is 5.91 Å². The normalized spacial score (nSPS) is 29.0. The first-order chi connectivity index (χ1) is 11.2. The van der Waals surface area contributed by atoms with Gasteiger partial charge < -0.3 is 14.4 Å². The van der Waals surface area contributed by atoms with E-state index in [0.29, 0.717) is 13.2 Å². The monoisotopic (exact) mass is 334 g/mol. The van der Waals surface area contributed by atoms with Crippen molar-refractivity contribution in [3.05, 3.63) is 30.1 Å². The van der Waals surface area contributed by atoms with Gasteiger partial charge in [0.1, 0.15) is 0 Å². The van der Waals surface area contributed by atoms with Gasteiger partial charge in [-0.2, -0.15) is 0 Å². The van der Waals surface area contributed by atoms with Crippen molar-refractivity contribution in [3.63, 3.8) is 0 Å². The van der Waals surface area contributed by atoms with E-state index < -0.39 is 0 Å². The van der Waals surface area contributed by atoms with Gasteiger partial charge in [-0.15, -0.1) is 11.8 Å². The van der Waals surface area contributed by atoms with Crippen LogP contribution in [-0.2, 0) is 20.9 Å². The molecule has 3 aliphatic heterocycles. The van der Waals surface area contributed by atoms with E-state index in [9.17, 15) is 4.79 Å². The van der Waals surface area contributed by atoms with Crippen LogP contribution in [0, 0.1) is 5.92 Å². The molecule has 2 unspecified atom stereocenters. The number of nitrogens with zero attached hydrogens (tertiary/aromatic N) is 2. The zero-order chi connectivity index (χ0) is 15.7. The van der Waals surface area contributed by atoms with Crippen LogP contribution in [0.2, 0.25) is 0 Å². The largest absolute Gasteiger partial charge is 0.381 e. The molecule has 0 N–H and O–H groups in total. The Morgan fingerprint density at radius 2 is 2.39 bits per heavy atom. The van der Waals surface area contributed by atoms with Crippen LogP contribution in [0.25, 0.3) is 0 Å². The SMILES string of the molecule is O=C(C1CCOC1)N1CC2(CC(OCc3ccccn3)CS2)C1. The summed E-state index contributed by atoms with van der Waals surface area (Å²) < 4.78 is 11.6. The number of carbonyl (C=O) groups is 1. The van der Waals surface area contributed by atoms with Crippen molar-refractivity contribution >= 4 is 17.7 Å². The molecule has 3 saturated heterocycles. The molecule has 0 bridgehead atoms. The smallest absolute Gasteiger partial charge is 0.228 e. The number of amides is 1. The fourth-order valence-electron chi connectivity index (χ4n) is 3.61. The van der Waals surface area contributed by atoms with E-state index in [2.05, 4.69) is 4.98 Å². The lowest BCUT2D eigenvalue weighted by atomic mass is 9.91. The molecule has 4 rings (SSSR count). The first kappa shape index (κ1) is 15.4. The third-order valence-electron chi connectivity index (χ3n) is 4.92. The molecule has 6 heteroatoms. The fraction of sp³-hybridized carbons (Fsp3) is 0.647. The Bertz CT molecular complexity index is 556. The summed E-state index contributed by atoms with van der Waals surface area (Å²) in [6, 6.07) is 5.89. The maximum Gasteiger partial charge on any atom is 0.228 e. The van der Waals surface area contributed by atoms with Crippen LogP contribution in [0.4, 0.5) is 0 Å². The highest BCUT2D eigenvalue weighted by atomic mass is 32.2. The molecule has 2 atom stereocenters. The zero-order valence-corrected chi connectivity index (χ0v) is 14.0. The third-order valence-corrected chi connectivity index (χ3v) is 6.49. The van der Waals surface area contributed by atoms with Crippen molar-refractivity contribution in [2.75, 3.05) is 32.1 Å². The summed E-state index contributed by atoms with van der Waals surface area (Å²) in [5.74, 6) is 1.39. The Kier molecular flexibility index (Phi) is 4.30. The Morgan fingerprint density at radius 1 is 1.48 bits per heavy atom. The highest BCUT2D eigenvalue weighted by Gasteiger charge is 2.51. The molecule has 4 heterocycles. The van der Waals surface area contributed by atoms with Gasteiger partial charge in [-0.1, -0.05) is 6.07 Å². The maximum absolute atomic E-state index is 12.4. The molecule has 0 radical (unpaired) electrons. The van der Waals surface area contributed by atoms with Crippen molar-refractivity contribution in [1.29, 1.82) is 0 Å². The molecule has 5 nitrogen and oxygen atoms in total. The number of pyridine rings is 1. The van der Waals surface area contributed by atoms with Gasteiger partial charge in [-0.3, -0.25) is 9.78 Å². The molecule has 3 fully saturated rings. The summed E-state index contributed by atoms with van der Waals surface area (Å²) in [4.78, 5) is 18.7. The summed E-state index contributed by atoms with van der Waals surface area (Å²) in [6.07, 6.45) is 3.99. The lowest BCUT2D eigenvalue weighted by Gasteiger charge is -2.48. The highest BCUT2D eigenvalue weighted by molar-refractivity contribution is 8.01. The van der Waals surface area contributed by atoms with Gasteiger partial charge in [0.15, 0.2) is 0 Å². The molecule has 1 aromatic rings. The number of hydrogen-bond acceptors (Lipinski definition) is 5. The quantitative estimate of drug-likeness (QED) is 0.839. The summed E-state index contributed by atoms with van der Waals surface area (Å²) in [6.45, 7) is 3.65. The van der Waals surface area contributed by atoms with E-state index in [0.717, 1.165) is 44.0 Å². The van der Waals surface area contributed by atoms with Crippen LogP contribution in [-0.4, -0.2) is 58.7 Å². The molecular formula is C17H22N2O3S. The predicted molar refractivity (Wildman–Crippen MR) is 88.1 cm³/mol. The Morgan fingerprint density at radius 3 is 3.13 bits per heavy atom. The van der Waals surface area contributed by atoms with Crippen LogP contribution in [0.1, 0.15) is 18.5 Å². The van der Waals surface area contributed by atoms with Gasteiger partial charge >= 0.3 is 0 Å². The van der Waals surface area contributed by atoms with E-state index >= 15 is 0 Å². The van der Waals surface area contributed by atoms with E-state index in [-0.39, 0.29) is 22.7 Å². The molecule has 1 amide bonds. The lowest BCUT2D eigenvalue weighted by molar-refractivity contribution is -0.141. The topological polar surface area (TPSA) is 51.7 Å². The number of aromatic nitrogens is 1. The number of likely N-dealkylation sites (tertiary alicyclic amines) is 1. The van der Waals surface area contributed by atoms with Crippen molar-refractivity contribution in [2.24, 2.45) is 5.92 Å². The number of carbonyl (C=O) groups excluding carboxylic acids is 1. The average Bonchev–Trinajstić information content (AvgIpc) is 3.22. The molecule has 1 aromatic heterocycles. The second-order valence-corrected chi connectivity index (χ2v) is 8.20. The van der Waals surface area contributed by atoms with Crippen LogP contribution in [0.15, 0.2) is 24.4 Å². The lowest BCUT2D eigenvalue weighted by Crippen LogP contribution is -2.62. The van der Waals surface area contributed by atoms with Crippen molar-refractivity contribution < 1.29 is 14.3 Å². The molecule has 0 saturated carbocycles. The number of hydrogen-bond donors (Lipinski definition) is 0. The molecule has 1 spiro atoms. The molecule has 0 aliphatic carbocycles. The summed E-state index contributed by atoms with van der Waals surface area (Å²) in [7, 11) is 0. The van der Waals surface area contributed by atoms with Gasteiger partial charge in [-0.25, -0.2) is 0 Å². The highest BCUT2D eigenvalue weighted by Crippen LogP contribution is 2.46. The minimum atomic E-state index is 0.0926. The van der Waals surface area contributed by atoms with Crippen molar-refractivity contribution in [1.82, 2.24) is 9.88 Å². The summed E-state index contributed by atoms with van der Waals surface area (Å²) in [5.41, 5.74) is 0.977. The van der Waals surface area contributed by atoms with E-state index in [1.807, 2.05) is 34.9 Å². The summed E-state index contributed by atoms with van der Waals surface area (Å²) >= 11 is 1.97. The Balaban J connectivity index is 1.24. The van der Waals surface area contributed by atoms with E-state index in [1.54, 1.807) is 6.20 Å². The molecule has 0 aromatic carbocycles. The van der Waals surface area contributed by atoms with Gasteiger partial charge in [0, 0.05) is 31.6 Å². The van der Waals surface area contributed by atoms with Crippen molar-refractivity contribution in [3.8, 4) is 0 Å². The second-order valence-electron chi connectivity index (χ2n) is 6.71. The van der Waals surface area contributed by atoms with Crippen LogP contribution >= 0.6 is 11.8 Å². The molecular weight excluding hydrogens is 312 g/mol. The van der Waals surface area contributed by atoms with Crippen molar-refractivity contribution in [2.45, 2.75) is 30.3 Å². The first-order valence-corrected chi connectivity index (χ1v) is 9.25. The average molecular weight is 334 g/mol. The maximum atomic E-state index is 12.4. The minimum absolute atomic E-state index is 0.0926. The summed E-state index contributed by atoms with van der Waals surface area (Å²) in [5, 5.41) is 0. The number of thioether (sulfide) groups is 1. The molecule has 23 heavy (non-hydrogen) atoms.